The first-order chi connectivity index (χ1) is 8.40. The van der Waals surface area contributed by atoms with Crippen molar-refractivity contribution in [2.24, 2.45) is 0 Å². The number of hydrogen-bond donors (Lipinski definition) is 2. The topological polar surface area (TPSA) is 40.5 Å². The maximum atomic E-state index is 12.0. The van der Waals surface area contributed by atoms with Gasteiger partial charge in [0.05, 0.1) is 0 Å². The van der Waals surface area contributed by atoms with Crippen molar-refractivity contribution in [2.75, 3.05) is 0 Å². The first kappa shape index (κ1) is 13.8. The van der Waals surface area contributed by atoms with Crippen LogP contribution in [-0.2, 0) is 0 Å². The Morgan fingerprint density at radius 1 is 0.556 bits per heavy atom. The summed E-state index contributed by atoms with van der Waals surface area (Å²) in [5.74, 6) is -4.51. The van der Waals surface area contributed by atoms with E-state index >= 15 is 0 Å². The number of phenols is 2. The molecule has 0 bridgehead atoms. The maximum absolute atomic E-state index is 12.0. The van der Waals surface area contributed by atoms with E-state index in [2.05, 4.69) is 0 Å². The molecule has 2 aromatic rings. The van der Waals surface area contributed by atoms with Gasteiger partial charge in [0.2, 0.25) is 0 Å². The van der Waals surface area contributed by atoms with Gasteiger partial charge >= 0.3 is 0 Å². The molecular formula is C12H8F4O2. The lowest BCUT2D eigenvalue weighted by Crippen LogP contribution is -1.79. The highest BCUT2D eigenvalue weighted by Crippen LogP contribution is 2.13. The average Bonchev–Trinajstić information content (AvgIpc) is 2.30. The number of benzene rings is 2. The molecule has 0 aromatic heterocycles. The Kier molecular flexibility index (Phi) is 4.53. The predicted molar refractivity (Wildman–Crippen MR) is 56.0 cm³/mol. The first-order valence-electron chi connectivity index (χ1n) is 4.68. The smallest absolute Gasteiger partial charge is 0.162 e. The van der Waals surface area contributed by atoms with Crippen LogP contribution in [0.4, 0.5) is 17.6 Å². The third-order valence-corrected chi connectivity index (χ3v) is 1.81. The molecule has 0 aliphatic rings. The van der Waals surface area contributed by atoms with Crippen molar-refractivity contribution in [1.82, 2.24) is 0 Å². The van der Waals surface area contributed by atoms with Gasteiger partial charge in [-0.2, -0.15) is 0 Å². The van der Waals surface area contributed by atoms with E-state index in [1.165, 1.54) is 0 Å². The van der Waals surface area contributed by atoms with E-state index in [0.29, 0.717) is 0 Å². The van der Waals surface area contributed by atoms with Gasteiger partial charge in [0.15, 0.2) is 23.3 Å². The van der Waals surface area contributed by atoms with Crippen LogP contribution in [0.5, 0.6) is 11.5 Å². The molecular weight excluding hydrogens is 252 g/mol. The second kappa shape index (κ2) is 5.90. The number of rotatable bonds is 0. The number of halogens is 4. The number of aromatic hydroxyl groups is 2. The lowest BCUT2D eigenvalue weighted by molar-refractivity contribution is 0.454. The number of phenolic OH excluding ortho intramolecular Hbond substituents is 2. The van der Waals surface area contributed by atoms with Crippen LogP contribution in [0, 0.1) is 23.3 Å². The largest absolute Gasteiger partial charge is 0.508 e. The van der Waals surface area contributed by atoms with Crippen molar-refractivity contribution >= 4 is 0 Å². The van der Waals surface area contributed by atoms with Crippen LogP contribution in [0.3, 0.4) is 0 Å². The summed E-state index contributed by atoms with van der Waals surface area (Å²) in [6, 6.07) is 5.33. The highest BCUT2D eigenvalue weighted by molar-refractivity contribution is 5.22. The minimum atomic E-state index is -1.03. The fourth-order valence-corrected chi connectivity index (χ4v) is 0.970. The molecule has 0 fully saturated rings. The Balaban J connectivity index is 0.000000180. The summed E-state index contributed by atoms with van der Waals surface area (Å²) in [4.78, 5) is 0. The van der Waals surface area contributed by atoms with E-state index in [1.807, 2.05) is 0 Å². The number of hydrogen-bond acceptors (Lipinski definition) is 2. The predicted octanol–water partition coefficient (Wildman–Crippen LogP) is 3.34. The lowest BCUT2D eigenvalue weighted by Gasteiger charge is -1.90. The van der Waals surface area contributed by atoms with Crippen LogP contribution in [0.1, 0.15) is 0 Å². The molecule has 6 heteroatoms. The second-order valence-electron chi connectivity index (χ2n) is 3.20. The molecule has 0 spiro atoms. The highest BCUT2D eigenvalue weighted by atomic mass is 19.2. The Morgan fingerprint density at radius 3 is 1.11 bits per heavy atom. The fourth-order valence-electron chi connectivity index (χ4n) is 0.970. The summed E-state index contributed by atoms with van der Waals surface area (Å²) in [6.45, 7) is 0. The van der Waals surface area contributed by atoms with Gasteiger partial charge in [0.25, 0.3) is 0 Å². The van der Waals surface area contributed by atoms with Crippen LogP contribution >= 0.6 is 0 Å². The van der Waals surface area contributed by atoms with Crippen LogP contribution < -0.4 is 0 Å². The Hall–Kier alpha value is -2.24. The van der Waals surface area contributed by atoms with Crippen molar-refractivity contribution in [3.05, 3.63) is 59.7 Å². The fraction of sp³-hybridized carbons (Fsp3) is 0. The molecule has 2 nitrogen and oxygen atoms in total. The van der Waals surface area contributed by atoms with Gasteiger partial charge in [-0.15, -0.1) is 0 Å². The highest BCUT2D eigenvalue weighted by Gasteiger charge is 1.99. The molecule has 2 aromatic carbocycles. The molecule has 2 rings (SSSR count). The Morgan fingerprint density at radius 2 is 0.889 bits per heavy atom. The van der Waals surface area contributed by atoms with E-state index in [4.69, 9.17) is 10.2 Å². The zero-order valence-electron chi connectivity index (χ0n) is 8.87. The minimum Gasteiger partial charge on any atom is -0.508 e. The van der Waals surface area contributed by atoms with Gasteiger partial charge in [-0.3, -0.25) is 0 Å². The van der Waals surface area contributed by atoms with Crippen LogP contribution in [0.2, 0.25) is 0 Å². The monoisotopic (exact) mass is 260 g/mol. The summed E-state index contributed by atoms with van der Waals surface area (Å²) >= 11 is 0. The molecule has 0 aliphatic heterocycles. The van der Waals surface area contributed by atoms with E-state index in [0.717, 1.165) is 36.4 Å². The van der Waals surface area contributed by atoms with Gasteiger partial charge in [-0.05, 0) is 24.3 Å². The maximum Gasteiger partial charge on any atom is 0.162 e. The molecule has 0 saturated heterocycles. The standard InChI is InChI=1S/2C6H4F2O/c2*7-5-2-1-4(9)3-6(5)8/h2*1-3,9H. The first-order valence-corrected chi connectivity index (χ1v) is 4.68. The second-order valence-corrected chi connectivity index (χ2v) is 3.20. The van der Waals surface area contributed by atoms with Crippen molar-refractivity contribution < 1.29 is 27.8 Å². The van der Waals surface area contributed by atoms with Gasteiger partial charge < -0.3 is 10.2 Å². The van der Waals surface area contributed by atoms with Gasteiger partial charge in [0.1, 0.15) is 11.5 Å². The van der Waals surface area contributed by atoms with Crippen LogP contribution in [-0.4, -0.2) is 10.2 Å². The molecule has 0 heterocycles. The summed E-state index contributed by atoms with van der Waals surface area (Å²) < 4.78 is 48.1. The summed E-state index contributed by atoms with van der Waals surface area (Å²) in [6.07, 6.45) is 0. The van der Waals surface area contributed by atoms with Crippen LogP contribution in [0.15, 0.2) is 36.4 Å². The van der Waals surface area contributed by atoms with Crippen molar-refractivity contribution in [1.29, 1.82) is 0 Å². The summed E-state index contributed by atoms with van der Waals surface area (Å²) in [5, 5.41) is 17.1. The van der Waals surface area contributed by atoms with Gasteiger partial charge in [0, 0.05) is 12.1 Å². The molecule has 2 N–H and O–H groups in total. The minimum absolute atomic E-state index is 0.270. The molecule has 0 aliphatic carbocycles. The summed E-state index contributed by atoms with van der Waals surface area (Å²) in [7, 11) is 0. The molecule has 18 heavy (non-hydrogen) atoms. The molecule has 0 atom stereocenters. The van der Waals surface area contributed by atoms with E-state index in [1.54, 1.807) is 0 Å². The van der Waals surface area contributed by atoms with Crippen molar-refractivity contribution in [3.8, 4) is 11.5 Å². The molecule has 0 radical (unpaired) electrons. The quantitative estimate of drug-likeness (QED) is 0.713. The van der Waals surface area contributed by atoms with Gasteiger partial charge in [-0.25, -0.2) is 17.6 Å². The normalized spacial score (nSPS) is 9.56. The lowest BCUT2D eigenvalue weighted by atomic mass is 10.3. The van der Waals surface area contributed by atoms with E-state index in [9.17, 15) is 17.6 Å². The zero-order valence-corrected chi connectivity index (χ0v) is 8.87. The Bertz CT molecular complexity index is 494. The van der Waals surface area contributed by atoms with Crippen LogP contribution in [0.25, 0.3) is 0 Å². The molecule has 0 unspecified atom stereocenters. The molecule has 0 amide bonds. The zero-order chi connectivity index (χ0) is 13.7. The van der Waals surface area contributed by atoms with Crippen molar-refractivity contribution in [3.63, 3.8) is 0 Å². The molecule has 96 valence electrons. The SMILES string of the molecule is Oc1ccc(F)c(F)c1.Oc1ccc(F)c(F)c1. The van der Waals surface area contributed by atoms with E-state index < -0.39 is 23.3 Å². The third kappa shape index (κ3) is 3.97. The van der Waals surface area contributed by atoms with E-state index in [-0.39, 0.29) is 11.5 Å². The molecule has 0 saturated carbocycles. The summed E-state index contributed by atoms with van der Waals surface area (Å²) in [5.41, 5.74) is 0. The van der Waals surface area contributed by atoms with Crippen molar-refractivity contribution in [2.45, 2.75) is 0 Å². The third-order valence-electron chi connectivity index (χ3n) is 1.81. The average molecular weight is 260 g/mol. The van der Waals surface area contributed by atoms with Gasteiger partial charge in [-0.1, -0.05) is 0 Å². The Labute approximate surface area is 99.7 Å².